The lowest BCUT2D eigenvalue weighted by molar-refractivity contribution is 0.0443. The van der Waals surface area contributed by atoms with Crippen LogP contribution < -0.4 is 0 Å². The Labute approximate surface area is 106 Å². The molecule has 0 aliphatic heterocycles. The van der Waals surface area contributed by atoms with Crippen molar-refractivity contribution < 1.29 is 5.11 Å². The molecule has 2 aliphatic carbocycles. The van der Waals surface area contributed by atoms with Crippen LogP contribution >= 0.6 is 0 Å². The molecule has 2 fully saturated rings. The number of hydrogen-bond donors (Lipinski definition) is 1. The van der Waals surface area contributed by atoms with Crippen molar-refractivity contribution in [2.24, 2.45) is 11.3 Å². The summed E-state index contributed by atoms with van der Waals surface area (Å²) in [7, 11) is 2.25. The second kappa shape index (κ2) is 6.19. The maximum atomic E-state index is 9.72. The van der Waals surface area contributed by atoms with Gasteiger partial charge in [0.15, 0.2) is 0 Å². The molecule has 0 spiro atoms. The van der Waals surface area contributed by atoms with Gasteiger partial charge < -0.3 is 10.0 Å². The largest absolute Gasteiger partial charge is 0.396 e. The van der Waals surface area contributed by atoms with E-state index in [1.54, 1.807) is 0 Å². The second-order valence-corrected chi connectivity index (χ2v) is 6.57. The van der Waals surface area contributed by atoms with E-state index in [2.05, 4.69) is 11.9 Å². The molecule has 0 aromatic heterocycles. The van der Waals surface area contributed by atoms with Gasteiger partial charge in [0.2, 0.25) is 0 Å². The first-order valence-electron chi connectivity index (χ1n) is 7.53. The van der Waals surface area contributed by atoms with E-state index in [1.165, 1.54) is 64.3 Å². The number of nitrogens with zero attached hydrogens (tertiary/aromatic N) is 1. The fourth-order valence-electron chi connectivity index (χ4n) is 3.94. The normalized spacial score (nSPS) is 25.6. The van der Waals surface area contributed by atoms with E-state index >= 15 is 0 Å². The van der Waals surface area contributed by atoms with Gasteiger partial charge in [-0.25, -0.2) is 0 Å². The Morgan fingerprint density at radius 1 is 1.06 bits per heavy atom. The van der Waals surface area contributed by atoms with Crippen molar-refractivity contribution in [1.82, 2.24) is 4.90 Å². The molecular formula is C15H29NO. The summed E-state index contributed by atoms with van der Waals surface area (Å²) < 4.78 is 0. The molecule has 2 rings (SSSR count). The third-order valence-corrected chi connectivity index (χ3v) is 4.90. The standard InChI is InChI=1S/C15H29NO/c1-16(11-14-7-3-4-8-14)12-15(13-17)9-5-2-6-10-15/h14,17H,2-13H2,1H3. The van der Waals surface area contributed by atoms with Gasteiger partial charge in [-0.2, -0.15) is 0 Å². The van der Waals surface area contributed by atoms with Crippen LogP contribution in [0.1, 0.15) is 57.8 Å². The van der Waals surface area contributed by atoms with Crippen molar-refractivity contribution in [3.05, 3.63) is 0 Å². The lowest BCUT2D eigenvalue weighted by Gasteiger charge is -2.39. The van der Waals surface area contributed by atoms with Gasteiger partial charge in [-0.1, -0.05) is 32.1 Å². The van der Waals surface area contributed by atoms with Gasteiger partial charge in [0.05, 0.1) is 0 Å². The fourth-order valence-corrected chi connectivity index (χ4v) is 3.94. The van der Waals surface area contributed by atoms with Crippen LogP contribution in [0.2, 0.25) is 0 Å². The maximum absolute atomic E-state index is 9.72. The van der Waals surface area contributed by atoms with Crippen LogP contribution in [0.25, 0.3) is 0 Å². The Morgan fingerprint density at radius 3 is 2.29 bits per heavy atom. The number of aliphatic hydroxyl groups is 1. The molecular weight excluding hydrogens is 210 g/mol. The highest BCUT2D eigenvalue weighted by Crippen LogP contribution is 2.37. The fraction of sp³-hybridized carbons (Fsp3) is 1.00. The van der Waals surface area contributed by atoms with Crippen LogP contribution in [0.3, 0.4) is 0 Å². The van der Waals surface area contributed by atoms with Crippen LogP contribution in [-0.2, 0) is 0 Å². The molecule has 1 N–H and O–H groups in total. The Morgan fingerprint density at radius 2 is 1.71 bits per heavy atom. The van der Waals surface area contributed by atoms with Gasteiger partial charge >= 0.3 is 0 Å². The Bertz CT molecular complexity index is 217. The van der Waals surface area contributed by atoms with Gasteiger partial charge in [0, 0.05) is 25.1 Å². The predicted molar refractivity (Wildman–Crippen MR) is 72.1 cm³/mol. The van der Waals surface area contributed by atoms with Crippen molar-refractivity contribution in [1.29, 1.82) is 0 Å². The third kappa shape index (κ3) is 3.69. The van der Waals surface area contributed by atoms with Crippen molar-refractivity contribution in [3.8, 4) is 0 Å². The minimum atomic E-state index is 0.228. The van der Waals surface area contributed by atoms with Gasteiger partial charge in [-0.15, -0.1) is 0 Å². The highest BCUT2D eigenvalue weighted by atomic mass is 16.3. The molecule has 0 aromatic carbocycles. The molecule has 2 heteroatoms. The molecule has 0 amide bonds. The minimum Gasteiger partial charge on any atom is -0.396 e. The monoisotopic (exact) mass is 239 g/mol. The molecule has 0 aromatic rings. The molecule has 17 heavy (non-hydrogen) atoms. The average Bonchev–Trinajstić information content (AvgIpc) is 2.83. The number of hydrogen-bond acceptors (Lipinski definition) is 2. The summed E-state index contributed by atoms with van der Waals surface area (Å²) >= 11 is 0. The second-order valence-electron chi connectivity index (χ2n) is 6.57. The molecule has 0 heterocycles. The first-order valence-corrected chi connectivity index (χ1v) is 7.53. The molecule has 100 valence electrons. The smallest absolute Gasteiger partial charge is 0.0499 e. The van der Waals surface area contributed by atoms with Gasteiger partial charge in [-0.05, 0) is 38.6 Å². The zero-order chi connectivity index (χ0) is 12.1. The summed E-state index contributed by atoms with van der Waals surface area (Å²) in [6, 6.07) is 0. The summed E-state index contributed by atoms with van der Waals surface area (Å²) in [6.45, 7) is 2.75. The molecule has 2 saturated carbocycles. The average molecular weight is 239 g/mol. The van der Waals surface area contributed by atoms with Crippen molar-refractivity contribution in [3.63, 3.8) is 0 Å². The summed E-state index contributed by atoms with van der Waals surface area (Å²) in [6.07, 6.45) is 12.2. The molecule has 2 nitrogen and oxygen atoms in total. The van der Waals surface area contributed by atoms with E-state index in [0.29, 0.717) is 6.61 Å². The zero-order valence-electron chi connectivity index (χ0n) is 11.5. The lowest BCUT2D eigenvalue weighted by atomic mass is 9.74. The van der Waals surface area contributed by atoms with Crippen molar-refractivity contribution in [2.75, 3.05) is 26.7 Å². The van der Waals surface area contributed by atoms with E-state index < -0.39 is 0 Å². The van der Waals surface area contributed by atoms with Crippen LogP contribution in [0.15, 0.2) is 0 Å². The van der Waals surface area contributed by atoms with E-state index in [-0.39, 0.29) is 5.41 Å². The van der Waals surface area contributed by atoms with Crippen LogP contribution in [0.5, 0.6) is 0 Å². The highest BCUT2D eigenvalue weighted by Gasteiger charge is 2.33. The van der Waals surface area contributed by atoms with Crippen molar-refractivity contribution in [2.45, 2.75) is 57.8 Å². The minimum absolute atomic E-state index is 0.228. The Balaban J connectivity index is 1.80. The zero-order valence-corrected chi connectivity index (χ0v) is 11.5. The van der Waals surface area contributed by atoms with E-state index in [4.69, 9.17) is 0 Å². The molecule has 2 aliphatic rings. The first-order chi connectivity index (χ1) is 8.24. The molecule has 0 unspecified atom stereocenters. The summed E-state index contributed by atoms with van der Waals surface area (Å²) in [5, 5.41) is 9.72. The maximum Gasteiger partial charge on any atom is 0.0499 e. The number of rotatable bonds is 5. The topological polar surface area (TPSA) is 23.5 Å². The Hall–Kier alpha value is -0.0800. The number of aliphatic hydroxyl groups excluding tert-OH is 1. The molecule has 0 atom stereocenters. The Kier molecular flexibility index (Phi) is 4.87. The van der Waals surface area contributed by atoms with Crippen LogP contribution in [0, 0.1) is 11.3 Å². The third-order valence-electron chi connectivity index (χ3n) is 4.90. The van der Waals surface area contributed by atoms with E-state index in [9.17, 15) is 5.11 Å². The van der Waals surface area contributed by atoms with Crippen LogP contribution in [0.4, 0.5) is 0 Å². The predicted octanol–water partition coefficient (Wildman–Crippen LogP) is 3.05. The van der Waals surface area contributed by atoms with Gasteiger partial charge in [-0.3, -0.25) is 0 Å². The van der Waals surface area contributed by atoms with Gasteiger partial charge in [0.1, 0.15) is 0 Å². The van der Waals surface area contributed by atoms with E-state index in [1.807, 2.05) is 0 Å². The lowest BCUT2D eigenvalue weighted by Crippen LogP contribution is -2.41. The van der Waals surface area contributed by atoms with E-state index in [0.717, 1.165) is 12.5 Å². The van der Waals surface area contributed by atoms with Crippen LogP contribution in [-0.4, -0.2) is 36.8 Å². The summed E-state index contributed by atoms with van der Waals surface area (Å²) in [4.78, 5) is 2.50. The highest BCUT2D eigenvalue weighted by molar-refractivity contribution is 4.85. The summed E-state index contributed by atoms with van der Waals surface area (Å²) in [5.74, 6) is 0.930. The first kappa shape index (κ1) is 13.4. The molecule has 0 radical (unpaired) electrons. The SMILES string of the molecule is CN(CC1CCCC1)CC1(CO)CCCCC1. The quantitative estimate of drug-likeness (QED) is 0.797. The van der Waals surface area contributed by atoms with Crippen molar-refractivity contribution >= 4 is 0 Å². The molecule has 0 bridgehead atoms. The molecule has 0 saturated heterocycles. The van der Waals surface area contributed by atoms with Gasteiger partial charge in [0.25, 0.3) is 0 Å². The summed E-state index contributed by atoms with van der Waals surface area (Å²) in [5.41, 5.74) is 0.228.